The SMILES string of the molecule is CCC(SC1=Nc2ccccc2C2=NC(C)C(=O)N12)C(=O)Nc1ccccc1. The van der Waals surface area contributed by atoms with Crippen molar-refractivity contribution >= 4 is 46.0 Å². The molecule has 0 aromatic heterocycles. The van der Waals surface area contributed by atoms with Gasteiger partial charge in [0.1, 0.15) is 11.9 Å². The molecular weight excluding hydrogens is 372 g/mol. The minimum atomic E-state index is -0.454. The molecule has 0 spiro atoms. The molecule has 28 heavy (non-hydrogen) atoms. The Morgan fingerprint density at radius 2 is 1.89 bits per heavy atom. The molecule has 0 aliphatic carbocycles. The maximum absolute atomic E-state index is 12.8. The summed E-state index contributed by atoms with van der Waals surface area (Å²) >= 11 is 1.30. The number of fused-ring (bicyclic) bond motifs is 3. The second kappa shape index (κ2) is 7.59. The lowest BCUT2D eigenvalue weighted by atomic mass is 10.1. The maximum Gasteiger partial charge on any atom is 0.258 e. The zero-order chi connectivity index (χ0) is 19.7. The van der Waals surface area contributed by atoms with Crippen LogP contribution in [0.2, 0.25) is 0 Å². The van der Waals surface area contributed by atoms with Crippen molar-refractivity contribution in [1.82, 2.24) is 4.90 Å². The third-order valence-electron chi connectivity index (χ3n) is 4.61. The lowest BCUT2D eigenvalue weighted by Gasteiger charge is -2.27. The monoisotopic (exact) mass is 392 g/mol. The maximum atomic E-state index is 12.8. The zero-order valence-corrected chi connectivity index (χ0v) is 16.4. The second-order valence-corrected chi connectivity index (χ2v) is 7.75. The number of benzene rings is 2. The summed E-state index contributed by atoms with van der Waals surface area (Å²) in [5, 5.41) is 3.05. The van der Waals surface area contributed by atoms with Crippen LogP contribution in [0.15, 0.2) is 64.6 Å². The molecule has 7 heteroatoms. The molecule has 1 N–H and O–H groups in total. The van der Waals surface area contributed by atoms with E-state index in [1.807, 2.05) is 61.5 Å². The topological polar surface area (TPSA) is 74.1 Å². The summed E-state index contributed by atoms with van der Waals surface area (Å²) < 4.78 is 0. The summed E-state index contributed by atoms with van der Waals surface area (Å²) in [6, 6.07) is 16.5. The quantitative estimate of drug-likeness (QED) is 0.860. The van der Waals surface area contributed by atoms with Gasteiger partial charge in [-0.2, -0.15) is 0 Å². The van der Waals surface area contributed by atoms with Crippen LogP contribution in [0.4, 0.5) is 11.4 Å². The molecule has 0 saturated heterocycles. The van der Waals surface area contributed by atoms with E-state index in [0.29, 0.717) is 17.4 Å². The van der Waals surface area contributed by atoms with Gasteiger partial charge in [0, 0.05) is 11.3 Å². The number of nitrogens with one attached hydrogen (secondary N) is 1. The smallest absolute Gasteiger partial charge is 0.258 e. The van der Waals surface area contributed by atoms with E-state index in [-0.39, 0.29) is 17.1 Å². The molecule has 0 saturated carbocycles. The third kappa shape index (κ3) is 3.33. The average molecular weight is 392 g/mol. The Kier molecular flexibility index (Phi) is 5.00. The van der Waals surface area contributed by atoms with Crippen LogP contribution in [0.5, 0.6) is 0 Å². The standard InChI is InChI=1S/C21H20N4O2S/c1-3-17(19(26)23-14-9-5-4-6-10-14)28-21-24-16-12-8-7-11-15(16)18-22-13(2)20(27)25(18)21/h4-13,17H,3H2,1-2H3,(H,23,26). The van der Waals surface area contributed by atoms with Crippen LogP contribution in [-0.4, -0.2) is 39.0 Å². The molecule has 2 heterocycles. The Morgan fingerprint density at radius 3 is 2.64 bits per heavy atom. The number of amides is 2. The molecule has 6 nitrogen and oxygen atoms in total. The van der Waals surface area contributed by atoms with Gasteiger partial charge in [-0.1, -0.05) is 49.0 Å². The third-order valence-corrected chi connectivity index (χ3v) is 5.93. The first-order valence-electron chi connectivity index (χ1n) is 9.21. The number of aliphatic imine (C=N–C) groups is 2. The molecule has 0 radical (unpaired) electrons. The van der Waals surface area contributed by atoms with Gasteiger partial charge >= 0.3 is 0 Å². The van der Waals surface area contributed by atoms with Gasteiger partial charge in [-0.25, -0.2) is 9.89 Å². The lowest BCUT2D eigenvalue weighted by Crippen LogP contribution is -2.42. The fourth-order valence-corrected chi connectivity index (χ4v) is 4.17. The second-order valence-electron chi connectivity index (χ2n) is 6.58. The van der Waals surface area contributed by atoms with Gasteiger partial charge in [-0.3, -0.25) is 14.6 Å². The van der Waals surface area contributed by atoms with Crippen LogP contribution < -0.4 is 5.32 Å². The molecule has 142 valence electrons. The predicted molar refractivity (Wildman–Crippen MR) is 113 cm³/mol. The van der Waals surface area contributed by atoms with E-state index in [2.05, 4.69) is 15.3 Å². The molecule has 2 amide bonds. The first kappa shape index (κ1) is 18.4. The van der Waals surface area contributed by atoms with Crippen LogP contribution >= 0.6 is 11.8 Å². The number of thioether (sulfide) groups is 1. The van der Waals surface area contributed by atoms with E-state index >= 15 is 0 Å². The number of hydrogen-bond donors (Lipinski definition) is 1. The fourth-order valence-electron chi connectivity index (χ4n) is 3.15. The highest BCUT2D eigenvalue weighted by atomic mass is 32.2. The van der Waals surface area contributed by atoms with Gasteiger partial charge in [0.15, 0.2) is 5.17 Å². The van der Waals surface area contributed by atoms with Crippen LogP contribution in [0, 0.1) is 0 Å². The van der Waals surface area contributed by atoms with Crippen molar-refractivity contribution in [3.05, 3.63) is 60.2 Å². The van der Waals surface area contributed by atoms with E-state index in [1.54, 1.807) is 11.8 Å². The Labute approximate surface area is 167 Å². The van der Waals surface area contributed by atoms with Gasteiger partial charge in [0.25, 0.3) is 5.91 Å². The molecule has 0 bridgehead atoms. The van der Waals surface area contributed by atoms with Crippen LogP contribution in [0.1, 0.15) is 25.8 Å². The first-order valence-corrected chi connectivity index (χ1v) is 10.1. The number of amidine groups is 2. The van der Waals surface area contributed by atoms with Gasteiger partial charge in [-0.05, 0) is 37.6 Å². The van der Waals surface area contributed by atoms with Crippen molar-refractivity contribution < 1.29 is 9.59 Å². The number of carbonyl (C=O) groups is 2. The molecule has 2 aromatic carbocycles. The summed E-state index contributed by atoms with van der Waals surface area (Å²) in [7, 11) is 0. The first-order chi connectivity index (χ1) is 13.6. The summed E-state index contributed by atoms with van der Waals surface area (Å²) in [4.78, 5) is 36.2. The van der Waals surface area contributed by atoms with E-state index in [0.717, 1.165) is 16.9 Å². The molecule has 2 aliphatic heterocycles. The molecule has 2 aromatic rings. The number of anilines is 1. The number of nitrogens with zero attached hydrogens (tertiary/aromatic N) is 3. The fraction of sp³-hybridized carbons (Fsp3) is 0.238. The summed E-state index contributed by atoms with van der Waals surface area (Å²) in [5.41, 5.74) is 2.35. The zero-order valence-electron chi connectivity index (χ0n) is 15.6. The van der Waals surface area contributed by atoms with Crippen LogP contribution in [-0.2, 0) is 9.59 Å². The van der Waals surface area contributed by atoms with Crippen molar-refractivity contribution in [1.29, 1.82) is 0 Å². The van der Waals surface area contributed by atoms with Crippen LogP contribution in [0.3, 0.4) is 0 Å². The average Bonchev–Trinajstić information content (AvgIpc) is 3.02. The van der Waals surface area contributed by atoms with E-state index in [9.17, 15) is 9.59 Å². The number of carbonyl (C=O) groups excluding carboxylic acids is 2. The predicted octanol–water partition coefficient (Wildman–Crippen LogP) is 3.82. The summed E-state index contributed by atoms with van der Waals surface area (Å²) in [6.07, 6.45) is 0.605. The van der Waals surface area contributed by atoms with Crippen LogP contribution in [0.25, 0.3) is 0 Å². The molecular formula is C21H20N4O2S. The van der Waals surface area contributed by atoms with Crippen molar-refractivity contribution in [2.24, 2.45) is 9.98 Å². The van der Waals surface area contributed by atoms with Gasteiger partial charge < -0.3 is 5.32 Å². The Balaban J connectivity index is 1.62. The normalized spacial score (nSPS) is 18.7. The van der Waals surface area contributed by atoms with Crippen molar-refractivity contribution in [2.45, 2.75) is 31.6 Å². The van der Waals surface area contributed by atoms with Crippen molar-refractivity contribution in [2.75, 3.05) is 5.32 Å². The Bertz CT molecular complexity index is 987. The summed E-state index contributed by atoms with van der Waals surface area (Å²) in [6.45, 7) is 3.72. The molecule has 0 fully saturated rings. The highest BCUT2D eigenvalue weighted by Crippen LogP contribution is 2.35. The lowest BCUT2D eigenvalue weighted by molar-refractivity contribution is -0.124. The number of hydrogen-bond acceptors (Lipinski definition) is 5. The van der Waals surface area contributed by atoms with Gasteiger partial charge in [0.05, 0.1) is 10.9 Å². The highest BCUT2D eigenvalue weighted by Gasteiger charge is 2.40. The van der Waals surface area contributed by atoms with Crippen molar-refractivity contribution in [3.63, 3.8) is 0 Å². The van der Waals surface area contributed by atoms with Gasteiger partial charge in [-0.15, -0.1) is 0 Å². The van der Waals surface area contributed by atoms with E-state index < -0.39 is 6.04 Å². The minimum Gasteiger partial charge on any atom is -0.325 e. The number of rotatable bonds is 4. The highest BCUT2D eigenvalue weighted by molar-refractivity contribution is 8.15. The molecule has 2 aliphatic rings. The van der Waals surface area contributed by atoms with Gasteiger partial charge in [0.2, 0.25) is 5.91 Å². The molecule has 4 rings (SSSR count). The summed E-state index contributed by atoms with van der Waals surface area (Å²) in [5.74, 6) is 0.386. The molecule has 2 unspecified atom stereocenters. The van der Waals surface area contributed by atoms with Crippen molar-refractivity contribution in [3.8, 4) is 0 Å². The van der Waals surface area contributed by atoms with E-state index in [1.165, 1.54) is 11.8 Å². The van der Waals surface area contributed by atoms with E-state index in [4.69, 9.17) is 0 Å². The Morgan fingerprint density at radius 1 is 1.18 bits per heavy atom. The minimum absolute atomic E-state index is 0.113. The number of para-hydroxylation sites is 2. The largest absolute Gasteiger partial charge is 0.325 e. The molecule has 2 atom stereocenters. The Hall–Kier alpha value is -2.93.